The zero-order chi connectivity index (χ0) is 15.6. The summed E-state index contributed by atoms with van der Waals surface area (Å²) in [7, 11) is -3.83. The molecule has 0 aliphatic rings. The van der Waals surface area contributed by atoms with Crippen molar-refractivity contribution in [1.29, 1.82) is 0 Å². The second-order valence-electron chi connectivity index (χ2n) is 4.29. The molecule has 1 aromatic heterocycles. The highest BCUT2D eigenvalue weighted by atomic mass is 79.9. The summed E-state index contributed by atoms with van der Waals surface area (Å²) >= 11 is 9.21. The highest BCUT2D eigenvalue weighted by Gasteiger charge is 2.25. The van der Waals surface area contributed by atoms with Crippen LogP contribution in [0.15, 0.2) is 24.6 Å². The summed E-state index contributed by atoms with van der Waals surface area (Å²) in [5.74, 6) is -0.704. The molecular formula is C11H14BrCl2N3O4S. The lowest BCUT2D eigenvalue weighted by Gasteiger charge is -2.10. The molecule has 0 bridgehead atoms. The van der Waals surface area contributed by atoms with Crippen LogP contribution in [-0.4, -0.2) is 26.5 Å². The maximum absolute atomic E-state index is 12.3. The molecule has 0 radical (unpaired) electrons. The standard InChI is InChI=1S/C11H13BrClN3O4S.ClH/c12-6-5-7-9(20-11(17)16-7)8(13)10(6)21(18,19)15-4-2-1-3-14;/h5,15H,1-4,14H2,(H,16,17);1H. The predicted molar refractivity (Wildman–Crippen MR) is 90.3 cm³/mol. The number of aromatic nitrogens is 1. The SMILES string of the molecule is Cl.NCCCCNS(=O)(=O)c1c(Br)cc2[nH]c(=O)oc2c1Cl. The molecule has 0 aliphatic heterocycles. The molecule has 0 aliphatic carbocycles. The number of hydrogen-bond acceptors (Lipinski definition) is 5. The number of nitrogens with one attached hydrogen (secondary N) is 2. The molecule has 0 atom stereocenters. The Kier molecular flexibility index (Phi) is 6.90. The average Bonchev–Trinajstić information content (AvgIpc) is 2.75. The summed E-state index contributed by atoms with van der Waals surface area (Å²) in [5, 5.41) is -0.149. The minimum Gasteiger partial charge on any atom is -0.406 e. The maximum Gasteiger partial charge on any atom is 0.417 e. The molecule has 11 heteroatoms. The molecule has 0 saturated heterocycles. The quantitative estimate of drug-likeness (QED) is 0.600. The summed E-state index contributed by atoms with van der Waals surface area (Å²) in [6.45, 7) is 0.740. The first kappa shape index (κ1) is 19.5. The molecule has 1 aromatic carbocycles. The third-order valence-electron chi connectivity index (χ3n) is 2.75. The Balaban J connectivity index is 0.00000242. The van der Waals surface area contributed by atoms with Gasteiger partial charge >= 0.3 is 5.76 Å². The van der Waals surface area contributed by atoms with Gasteiger partial charge in [0.25, 0.3) is 0 Å². The van der Waals surface area contributed by atoms with E-state index in [1.54, 1.807) is 0 Å². The number of nitrogens with two attached hydrogens (primary N) is 1. The van der Waals surface area contributed by atoms with Gasteiger partial charge in [0.2, 0.25) is 10.0 Å². The Morgan fingerprint density at radius 2 is 2.09 bits per heavy atom. The molecule has 124 valence electrons. The largest absolute Gasteiger partial charge is 0.417 e. The van der Waals surface area contributed by atoms with E-state index in [2.05, 4.69) is 25.6 Å². The third kappa shape index (κ3) is 4.03. The highest BCUT2D eigenvalue weighted by Crippen LogP contribution is 2.35. The van der Waals surface area contributed by atoms with Gasteiger partial charge in [-0.15, -0.1) is 12.4 Å². The number of halogens is 3. The number of unbranched alkanes of at least 4 members (excludes halogenated alkanes) is 1. The predicted octanol–water partition coefficient (Wildman–Crippen LogP) is 1.98. The molecule has 0 spiro atoms. The molecule has 2 aromatic rings. The lowest BCUT2D eigenvalue weighted by atomic mass is 10.3. The van der Waals surface area contributed by atoms with Crippen LogP contribution in [0.25, 0.3) is 11.1 Å². The van der Waals surface area contributed by atoms with Crippen LogP contribution in [0.1, 0.15) is 12.8 Å². The number of hydrogen-bond donors (Lipinski definition) is 3. The van der Waals surface area contributed by atoms with Crippen molar-refractivity contribution in [3.05, 3.63) is 26.1 Å². The number of benzene rings is 1. The second-order valence-corrected chi connectivity index (χ2v) is 7.22. The molecule has 0 fully saturated rings. The summed E-state index contributed by atoms with van der Waals surface area (Å²) in [6, 6.07) is 1.43. The van der Waals surface area contributed by atoms with Crippen molar-refractivity contribution < 1.29 is 12.8 Å². The Morgan fingerprint density at radius 3 is 2.73 bits per heavy atom. The second kappa shape index (κ2) is 7.80. The monoisotopic (exact) mass is 433 g/mol. The fraction of sp³-hybridized carbons (Fsp3) is 0.364. The fourth-order valence-corrected chi connectivity index (χ4v) is 4.73. The first-order valence-corrected chi connectivity index (χ1v) is 8.73. The van der Waals surface area contributed by atoms with Crippen LogP contribution in [0.5, 0.6) is 0 Å². The van der Waals surface area contributed by atoms with E-state index in [4.69, 9.17) is 21.8 Å². The minimum atomic E-state index is -3.83. The lowest BCUT2D eigenvalue weighted by molar-refractivity contribution is 0.553. The summed E-state index contributed by atoms with van der Waals surface area (Å²) in [6.07, 6.45) is 1.33. The van der Waals surface area contributed by atoms with E-state index in [1.807, 2.05) is 0 Å². The van der Waals surface area contributed by atoms with E-state index in [9.17, 15) is 13.2 Å². The van der Waals surface area contributed by atoms with Gasteiger partial charge in [-0.05, 0) is 41.4 Å². The van der Waals surface area contributed by atoms with E-state index in [0.29, 0.717) is 24.9 Å². The Morgan fingerprint density at radius 1 is 1.41 bits per heavy atom. The van der Waals surface area contributed by atoms with Crippen LogP contribution >= 0.6 is 39.9 Å². The van der Waals surface area contributed by atoms with Crippen LogP contribution in [0.4, 0.5) is 0 Å². The van der Waals surface area contributed by atoms with Crippen LogP contribution in [0.3, 0.4) is 0 Å². The summed E-state index contributed by atoms with van der Waals surface area (Å²) in [4.78, 5) is 13.4. The van der Waals surface area contributed by atoms with E-state index in [0.717, 1.165) is 0 Å². The van der Waals surface area contributed by atoms with E-state index < -0.39 is 15.8 Å². The van der Waals surface area contributed by atoms with Crippen LogP contribution in [-0.2, 0) is 10.0 Å². The normalized spacial score (nSPS) is 11.6. The van der Waals surface area contributed by atoms with Crippen molar-refractivity contribution in [3.63, 3.8) is 0 Å². The third-order valence-corrected chi connectivity index (χ3v) is 5.66. The van der Waals surface area contributed by atoms with E-state index in [-0.39, 0.29) is 38.9 Å². The van der Waals surface area contributed by atoms with Crippen molar-refractivity contribution in [2.75, 3.05) is 13.1 Å². The van der Waals surface area contributed by atoms with E-state index in [1.165, 1.54) is 6.07 Å². The summed E-state index contributed by atoms with van der Waals surface area (Å²) < 4.78 is 32.1. The zero-order valence-corrected chi connectivity index (χ0v) is 15.2. The molecular weight excluding hydrogens is 421 g/mol. The van der Waals surface area contributed by atoms with Crippen LogP contribution in [0.2, 0.25) is 5.02 Å². The van der Waals surface area contributed by atoms with Crippen LogP contribution < -0.4 is 16.2 Å². The number of rotatable bonds is 6. The smallest absolute Gasteiger partial charge is 0.406 e. The van der Waals surface area contributed by atoms with Gasteiger partial charge < -0.3 is 10.2 Å². The molecule has 0 unspecified atom stereocenters. The average molecular weight is 435 g/mol. The molecule has 0 saturated carbocycles. The van der Waals surface area contributed by atoms with Crippen molar-refractivity contribution in [3.8, 4) is 0 Å². The van der Waals surface area contributed by atoms with Crippen LogP contribution in [0, 0.1) is 0 Å². The van der Waals surface area contributed by atoms with Gasteiger partial charge in [0.05, 0.1) is 5.52 Å². The number of sulfonamides is 1. The van der Waals surface area contributed by atoms with Gasteiger partial charge in [-0.25, -0.2) is 17.9 Å². The first-order valence-electron chi connectivity index (χ1n) is 6.07. The van der Waals surface area contributed by atoms with Gasteiger partial charge in [0.1, 0.15) is 9.92 Å². The van der Waals surface area contributed by atoms with Crippen molar-refractivity contribution in [2.24, 2.45) is 5.73 Å². The zero-order valence-electron chi connectivity index (χ0n) is 11.2. The van der Waals surface area contributed by atoms with E-state index >= 15 is 0 Å². The fourth-order valence-electron chi connectivity index (χ4n) is 1.80. The Bertz CT molecular complexity index is 819. The molecule has 1 heterocycles. The van der Waals surface area contributed by atoms with Gasteiger partial charge in [-0.3, -0.25) is 4.98 Å². The minimum absolute atomic E-state index is 0. The molecule has 0 amide bonds. The van der Waals surface area contributed by atoms with Crippen molar-refractivity contribution in [1.82, 2.24) is 9.71 Å². The number of aromatic amines is 1. The van der Waals surface area contributed by atoms with Gasteiger partial charge in [0, 0.05) is 11.0 Å². The highest BCUT2D eigenvalue weighted by molar-refractivity contribution is 9.10. The van der Waals surface area contributed by atoms with Gasteiger partial charge in [-0.1, -0.05) is 11.6 Å². The van der Waals surface area contributed by atoms with Crippen molar-refractivity contribution >= 4 is 61.1 Å². The lowest BCUT2D eigenvalue weighted by Crippen LogP contribution is -2.26. The molecule has 4 N–H and O–H groups in total. The Labute approximate surface area is 146 Å². The van der Waals surface area contributed by atoms with Crippen molar-refractivity contribution in [2.45, 2.75) is 17.7 Å². The Hall–Kier alpha value is -0.580. The van der Waals surface area contributed by atoms with Gasteiger partial charge in [0.15, 0.2) is 5.58 Å². The summed E-state index contributed by atoms with van der Waals surface area (Å²) in [5.41, 5.74) is 5.68. The molecule has 7 nitrogen and oxygen atoms in total. The number of oxazole rings is 1. The van der Waals surface area contributed by atoms with Gasteiger partial charge in [-0.2, -0.15) is 0 Å². The first-order chi connectivity index (χ1) is 9.86. The molecule has 2 rings (SSSR count). The maximum atomic E-state index is 12.3. The number of H-pyrrole nitrogens is 1. The molecule has 22 heavy (non-hydrogen) atoms. The topological polar surface area (TPSA) is 118 Å². The number of fused-ring (bicyclic) bond motifs is 1.